The van der Waals surface area contributed by atoms with Crippen LogP contribution >= 0.6 is 0 Å². The second-order valence-corrected chi connectivity index (χ2v) is 3.94. The number of hydrogen-bond donors (Lipinski definition) is 0. The van der Waals surface area contributed by atoms with E-state index in [0.29, 0.717) is 5.56 Å². The Morgan fingerprint density at radius 1 is 1.19 bits per heavy atom. The number of likely N-dealkylation sites (tertiary alicyclic amines) is 1. The molecule has 1 saturated heterocycles. The summed E-state index contributed by atoms with van der Waals surface area (Å²) in [5.74, 6) is -0.227. The Morgan fingerprint density at radius 3 is 2.50 bits per heavy atom. The lowest BCUT2D eigenvalue weighted by molar-refractivity contribution is 0.0425. The van der Waals surface area contributed by atoms with E-state index < -0.39 is 12.3 Å². The first kappa shape index (κ1) is 11.0. The van der Waals surface area contributed by atoms with Crippen LogP contribution in [0.15, 0.2) is 30.3 Å². The Bertz CT molecular complexity index is 369. The van der Waals surface area contributed by atoms with Crippen LogP contribution in [0.3, 0.4) is 0 Å². The molecule has 1 heterocycles. The summed E-state index contributed by atoms with van der Waals surface area (Å²) in [4.78, 5) is 13.3. The molecule has 1 aromatic rings. The lowest BCUT2D eigenvalue weighted by Crippen LogP contribution is -2.45. The van der Waals surface area contributed by atoms with Gasteiger partial charge in [0.25, 0.3) is 5.91 Å². The third kappa shape index (κ3) is 2.21. The summed E-state index contributed by atoms with van der Waals surface area (Å²) in [5, 5.41) is 0. The van der Waals surface area contributed by atoms with Crippen molar-refractivity contribution in [3.05, 3.63) is 35.9 Å². The third-order valence-electron chi connectivity index (χ3n) is 2.77. The van der Waals surface area contributed by atoms with Crippen LogP contribution in [0.2, 0.25) is 0 Å². The van der Waals surface area contributed by atoms with Gasteiger partial charge in [0.2, 0.25) is 0 Å². The van der Waals surface area contributed by atoms with Crippen molar-refractivity contribution in [1.29, 1.82) is 0 Å². The predicted octanol–water partition coefficient (Wildman–Crippen LogP) is 2.21. The number of nitrogens with zero attached hydrogens (tertiary/aromatic N) is 1. The first-order valence-electron chi connectivity index (χ1n) is 5.31. The van der Waals surface area contributed by atoms with E-state index >= 15 is 0 Å². The molecule has 2 atom stereocenters. The van der Waals surface area contributed by atoms with Gasteiger partial charge >= 0.3 is 0 Å². The van der Waals surface area contributed by atoms with Crippen molar-refractivity contribution >= 4 is 5.91 Å². The van der Waals surface area contributed by atoms with Crippen molar-refractivity contribution in [1.82, 2.24) is 4.90 Å². The Hall–Kier alpha value is -1.45. The van der Waals surface area contributed by atoms with Crippen molar-refractivity contribution in [2.24, 2.45) is 0 Å². The quantitative estimate of drug-likeness (QED) is 0.717. The molecule has 16 heavy (non-hydrogen) atoms. The van der Waals surface area contributed by atoms with E-state index in [-0.39, 0.29) is 25.4 Å². The Morgan fingerprint density at radius 2 is 1.88 bits per heavy atom. The molecule has 4 heteroatoms. The van der Waals surface area contributed by atoms with Crippen LogP contribution in [-0.4, -0.2) is 36.2 Å². The van der Waals surface area contributed by atoms with E-state index in [1.54, 1.807) is 24.3 Å². The minimum atomic E-state index is -1.55. The summed E-state index contributed by atoms with van der Waals surface area (Å²) in [6.45, 7) is 0.143. The normalized spacial score (nSPS) is 25.5. The van der Waals surface area contributed by atoms with Gasteiger partial charge in [0.15, 0.2) is 0 Å². The minimum absolute atomic E-state index is 0.0831. The molecule has 1 fully saturated rings. The van der Waals surface area contributed by atoms with Crippen molar-refractivity contribution < 1.29 is 13.6 Å². The summed E-state index contributed by atoms with van der Waals surface area (Å²) >= 11 is 0. The van der Waals surface area contributed by atoms with Crippen LogP contribution in [0.1, 0.15) is 16.8 Å². The highest BCUT2D eigenvalue weighted by atomic mass is 19.2. The zero-order valence-corrected chi connectivity index (χ0v) is 8.77. The van der Waals surface area contributed by atoms with Crippen molar-refractivity contribution in [2.75, 3.05) is 13.1 Å². The summed E-state index contributed by atoms with van der Waals surface area (Å²) < 4.78 is 26.0. The number of piperidine rings is 1. The van der Waals surface area contributed by atoms with Crippen molar-refractivity contribution in [3.8, 4) is 0 Å². The summed E-state index contributed by atoms with van der Waals surface area (Å²) in [5.41, 5.74) is 0.520. The molecule has 0 unspecified atom stereocenters. The van der Waals surface area contributed by atoms with Crippen molar-refractivity contribution in [2.45, 2.75) is 18.8 Å². The largest absolute Gasteiger partial charge is 0.336 e. The Kier molecular flexibility index (Phi) is 3.17. The first-order valence-corrected chi connectivity index (χ1v) is 5.31. The molecule has 1 amide bonds. The molecule has 0 aliphatic carbocycles. The van der Waals surface area contributed by atoms with Gasteiger partial charge in [0, 0.05) is 12.1 Å². The number of amides is 1. The van der Waals surface area contributed by atoms with E-state index in [1.807, 2.05) is 6.07 Å². The van der Waals surface area contributed by atoms with Crippen LogP contribution in [0.25, 0.3) is 0 Å². The van der Waals surface area contributed by atoms with E-state index in [1.165, 1.54) is 4.90 Å². The van der Waals surface area contributed by atoms with Crippen LogP contribution in [0.5, 0.6) is 0 Å². The maximum absolute atomic E-state index is 13.1. The Labute approximate surface area is 92.9 Å². The molecule has 86 valence electrons. The average molecular weight is 225 g/mol. The first-order chi connectivity index (χ1) is 7.68. The van der Waals surface area contributed by atoms with Gasteiger partial charge in [-0.05, 0) is 18.6 Å². The molecule has 0 radical (unpaired) electrons. The molecular weight excluding hydrogens is 212 g/mol. The molecule has 2 rings (SSSR count). The van der Waals surface area contributed by atoms with E-state index in [4.69, 9.17) is 0 Å². The molecule has 1 aliphatic rings. The highest BCUT2D eigenvalue weighted by Crippen LogP contribution is 2.18. The molecule has 0 N–H and O–H groups in total. The van der Waals surface area contributed by atoms with Crippen molar-refractivity contribution in [3.63, 3.8) is 0 Å². The van der Waals surface area contributed by atoms with Crippen LogP contribution in [0.4, 0.5) is 8.78 Å². The number of halogens is 2. The fourth-order valence-electron chi connectivity index (χ4n) is 1.82. The maximum atomic E-state index is 13.1. The van der Waals surface area contributed by atoms with Gasteiger partial charge in [-0.25, -0.2) is 8.78 Å². The van der Waals surface area contributed by atoms with Gasteiger partial charge in [-0.3, -0.25) is 4.79 Å². The summed E-state index contributed by atoms with van der Waals surface area (Å²) in [6.07, 6.45) is -2.90. The topological polar surface area (TPSA) is 20.3 Å². The van der Waals surface area contributed by atoms with Gasteiger partial charge in [-0.1, -0.05) is 18.2 Å². The van der Waals surface area contributed by atoms with E-state index in [0.717, 1.165) is 0 Å². The molecule has 2 nitrogen and oxygen atoms in total. The lowest BCUT2D eigenvalue weighted by Gasteiger charge is -2.31. The number of benzene rings is 1. The minimum Gasteiger partial charge on any atom is -0.336 e. The van der Waals surface area contributed by atoms with Gasteiger partial charge in [-0.2, -0.15) is 0 Å². The van der Waals surface area contributed by atoms with Gasteiger partial charge in [-0.15, -0.1) is 0 Å². The van der Waals surface area contributed by atoms with Crippen LogP contribution in [0, 0.1) is 0 Å². The molecule has 0 saturated carbocycles. The lowest BCUT2D eigenvalue weighted by atomic mass is 10.1. The smallest absolute Gasteiger partial charge is 0.253 e. The molecule has 0 bridgehead atoms. The Balaban J connectivity index is 2.06. The second-order valence-electron chi connectivity index (χ2n) is 3.94. The van der Waals surface area contributed by atoms with Crippen LogP contribution < -0.4 is 0 Å². The predicted molar refractivity (Wildman–Crippen MR) is 56.8 cm³/mol. The average Bonchev–Trinajstić information content (AvgIpc) is 2.33. The molecule has 1 aromatic carbocycles. The highest BCUT2D eigenvalue weighted by Gasteiger charge is 2.31. The number of carbonyl (C=O) groups excluding carboxylic acids is 1. The summed E-state index contributed by atoms with van der Waals surface area (Å²) in [7, 11) is 0. The zero-order chi connectivity index (χ0) is 11.5. The molecule has 0 spiro atoms. The van der Waals surface area contributed by atoms with Gasteiger partial charge < -0.3 is 4.90 Å². The number of hydrogen-bond acceptors (Lipinski definition) is 1. The fraction of sp³-hybridized carbons (Fsp3) is 0.417. The highest BCUT2D eigenvalue weighted by molar-refractivity contribution is 5.94. The number of alkyl halides is 2. The third-order valence-corrected chi connectivity index (χ3v) is 2.77. The number of rotatable bonds is 1. The monoisotopic (exact) mass is 225 g/mol. The maximum Gasteiger partial charge on any atom is 0.253 e. The zero-order valence-electron chi connectivity index (χ0n) is 8.77. The van der Waals surface area contributed by atoms with E-state index in [9.17, 15) is 13.6 Å². The summed E-state index contributed by atoms with van der Waals surface area (Å²) in [6, 6.07) is 8.67. The van der Waals surface area contributed by atoms with Gasteiger partial charge in [0.05, 0.1) is 6.54 Å². The van der Waals surface area contributed by atoms with E-state index in [2.05, 4.69) is 0 Å². The second kappa shape index (κ2) is 4.60. The fourth-order valence-corrected chi connectivity index (χ4v) is 1.82. The molecular formula is C12H13F2NO. The standard InChI is InChI=1S/C12H13F2NO/c13-10-6-7-15(8-11(10)14)12(16)9-4-2-1-3-5-9/h1-5,10-11H,6-8H2/t10-,11+/m1/s1. The molecule has 1 aliphatic heterocycles. The molecule has 0 aromatic heterocycles. The van der Waals surface area contributed by atoms with Gasteiger partial charge in [0.1, 0.15) is 12.3 Å². The number of carbonyl (C=O) groups is 1. The SMILES string of the molecule is O=C(c1ccccc1)N1CC[C@@H](F)[C@@H](F)C1. The van der Waals surface area contributed by atoms with Crippen LogP contribution in [-0.2, 0) is 0 Å².